The maximum atomic E-state index is 4.16. The summed E-state index contributed by atoms with van der Waals surface area (Å²) in [6, 6.07) is 11.0. The lowest BCUT2D eigenvalue weighted by Crippen LogP contribution is -2.18. The first-order valence-electron chi connectivity index (χ1n) is 6.04. The summed E-state index contributed by atoms with van der Waals surface area (Å²) in [5.74, 6) is 0. The Kier molecular flexibility index (Phi) is 4.50. The summed E-state index contributed by atoms with van der Waals surface area (Å²) in [6.45, 7) is 5.12. The standard InChI is InChI=1S/C15H17BrN2/c1-11-4-3-5-14(6-11)12(2)18-9-13-7-15(16)10-17-8-13/h3-8,10,12,18H,9H2,1-2H3/t12-/m1/s1. The van der Waals surface area contributed by atoms with Gasteiger partial charge in [0, 0.05) is 29.5 Å². The van der Waals surface area contributed by atoms with Gasteiger partial charge in [0.05, 0.1) is 0 Å². The van der Waals surface area contributed by atoms with E-state index >= 15 is 0 Å². The Labute approximate surface area is 117 Å². The summed E-state index contributed by atoms with van der Waals surface area (Å²) < 4.78 is 1.02. The molecule has 0 amide bonds. The summed E-state index contributed by atoms with van der Waals surface area (Å²) in [6.07, 6.45) is 3.69. The van der Waals surface area contributed by atoms with Crippen LogP contribution in [0.1, 0.15) is 29.7 Å². The predicted molar refractivity (Wildman–Crippen MR) is 78.4 cm³/mol. The Morgan fingerprint density at radius 3 is 2.83 bits per heavy atom. The van der Waals surface area contributed by atoms with Crippen molar-refractivity contribution in [3.8, 4) is 0 Å². The first-order chi connectivity index (χ1) is 8.65. The molecule has 1 aromatic heterocycles. The summed E-state index contributed by atoms with van der Waals surface area (Å²) in [4.78, 5) is 4.16. The Morgan fingerprint density at radius 1 is 1.28 bits per heavy atom. The lowest BCUT2D eigenvalue weighted by Gasteiger charge is -2.14. The zero-order valence-electron chi connectivity index (χ0n) is 10.7. The molecular formula is C15H17BrN2. The topological polar surface area (TPSA) is 24.9 Å². The van der Waals surface area contributed by atoms with Crippen molar-refractivity contribution < 1.29 is 0 Å². The number of aromatic nitrogens is 1. The Balaban J connectivity index is 1.98. The molecule has 0 saturated carbocycles. The van der Waals surface area contributed by atoms with Crippen LogP contribution in [0.4, 0.5) is 0 Å². The van der Waals surface area contributed by atoms with E-state index in [0.717, 1.165) is 11.0 Å². The number of aryl methyl sites for hydroxylation is 1. The number of pyridine rings is 1. The van der Waals surface area contributed by atoms with E-state index < -0.39 is 0 Å². The van der Waals surface area contributed by atoms with Gasteiger partial charge in [-0.25, -0.2) is 0 Å². The number of hydrogen-bond donors (Lipinski definition) is 1. The third kappa shape index (κ3) is 3.65. The van der Waals surface area contributed by atoms with Gasteiger partial charge in [-0.15, -0.1) is 0 Å². The normalized spacial score (nSPS) is 12.4. The van der Waals surface area contributed by atoms with Gasteiger partial charge in [-0.1, -0.05) is 29.8 Å². The van der Waals surface area contributed by atoms with Crippen molar-refractivity contribution in [2.24, 2.45) is 0 Å². The van der Waals surface area contributed by atoms with Crippen LogP contribution in [-0.4, -0.2) is 4.98 Å². The van der Waals surface area contributed by atoms with E-state index in [9.17, 15) is 0 Å². The molecule has 2 aromatic rings. The zero-order valence-corrected chi connectivity index (χ0v) is 12.2. The average molecular weight is 305 g/mol. The van der Waals surface area contributed by atoms with E-state index in [0.29, 0.717) is 6.04 Å². The molecule has 0 aliphatic heterocycles. The third-order valence-corrected chi connectivity index (χ3v) is 3.35. The van der Waals surface area contributed by atoms with E-state index in [-0.39, 0.29) is 0 Å². The number of rotatable bonds is 4. The third-order valence-electron chi connectivity index (χ3n) is 2.92. The summed E-state index contributed by atoms with van der Waals surface area (Å²) in [7, 11) is 0. The molecule has 18 heavy (non-hydrogen) atoms. The van der Waals surface area contributed by atoms with Crippen molar-refractivity contribution in [3.05, 3.63) is 63.9 Å². The lowest BCUT2D eigenvalue weighted by molar-refractivity contribution is 0.573. The molecule has 1 N–H and O–H groups in total. The fraction of sp³-hybridized carbons (Fsp3) is 0.267. The molecule has 1 aromatic carbocycles. The highest BCUT2D eigenvalue weighted by molar-refractivity contribution is 9.10. The molecular weight excluding hydrogens is 288 g/mol. The Morgan fingerprint density at radius 2 is 2.11 bits per heavy atom. The molecule has 0 fully saturated rings. The minimum Gasteiger partial charge on any atom is -0.306 e. The second kappa shape index (κ2) is 6.12. The first-order valence-corrected chi connectivity index (χ1v) is 6.84. The van der Waals surface area contributed by atoms with E-state index in [4.69, 9.17) is 0 Å². The van der Waals surface area contributed by atoms with Gasteiger partial charge in [-0.05, 0) is 47.0 Å². The molecule has 0 spiro atoms. The minimum absolute atomic E-state index is 0.337. The van der Waals surface area contributed by atoms with Gasteiger partial charge in [0.15, 0.2) is 0 Å². The molecule has 3 heteroatoms. The maximum Gasteiger partial charge on any atom is 0.0410 e. The molecule has 94 valence electrons. The maximum absolute atomic E-state index is 4.16. The van der Waals surface area contributed by atoms with Gasteiger partial charge < -0.3 is 5.32 Å². The fourth-order valence-electron chi connectivity index (χ4n) is 1.88. The van der Waals surface area contributed by atoms with Crippen LogP contribution in [0.25, 0.3) is 0 Å². The van der Waals surface area contributed by atoms with Crippen LogP contribution in [0.3, 0.4) is 0 Å². The summed E-state index contributed by atoms with van der Waals surface area (Å²) >= 11 is 3.43. The number of nitrogens with one attached hydrogen (secondary N) is 1. The van der Waals surface area contributed by atoms with E-state index in [2.05, 4.69) is 70.4 Å². The zero-order chi connectivity index (χ0) is 13.0. The largest absolute Gasteiger partial charge is 0.306 e. The quantitative estimate of drug-likeness (QED) is 0.923. The lowest BCUT2D eigenvalue weighted by atomic mass is 10.1. The van der Waals surface area contributed by atoms with Crippen molar-refractivity contribution >= 4 is 15.9 Å². The fourth-order valence-corrected chi connectivity index (χ4v) is 2.29. The van der Waals surface area contributed by atoms with E-state index in [1.807, 2.05) is 6.20 Å². The van der Waals surface area contributed by atoms with Crippen LogP contribution in [0.15, 0.2) is 47.2 Å². The van der Waals surface area contributed by atoms with Crippen LogP contribution in [-0.2, 0) is 6.54 Å². The second-order valence-electron chi connectivity index (χ2n) is 4.53. The van der Waals surface area contributed by atoms with E-state index in [1.165, 1.54) is 16.7 Å². The molecule has 0 saturated heterocycles. The smallest absolute Gasteiger partial charge is 0.0410 e. The van der Waals surface area contributed by atoms with Crippen molar-refractivity contribution in [2.45, 2.75) is 26.4 Å². The minimum atomic E-state index is 0.337. The van der Waals surface area contributed by atoms with Gasteiger partial charge in [0.25, 0.3) is 0 Å². The van der Waals surface area contributed by atoms with Crippen molar-refractivity contribution in [2.75, 3.05) is 0 Å². The number of hydrogen-bond acceptors (Lipinski definition) is 2. The highest BCUT2D eigenvalue weighted by Gasteiger charge is 2.05. The summed E-state index contributed by atoms with van der Waals surface area (Å²) in [5, 5.41) is 3.51. The number of benzene rings is 1. The molecule has 0 radical (unpaired) electrons. The van der Waals surface area contributed by atoms with Crippen molar-refractivity contribution in [1.29, 1.82) is 0 Å². The van der Waals surface area contributed by atoms with E-state index in [1.54, 1.807) is 6.20 Å². The Hall–Kier alpha value is -1.19. The molecule has 1 atom stereocenters. The van der Waals surface area contributed by atoms with Crippen LogP contribution in [0.5, 0.6) is 0 Å². The average Bonchev–Trinajstić information content (AvgIpc) is 2.36. The molecule has 2 nitrogen and oxygen atoms in total. The van der Waals surface area contributed by atoms with Gasteiger partial charge in [-0.2, -0.15) is 0 Å². The van der Waals surface area contributed by atoms with Gasteiger partial charge in [0.2, 0.25) is 0 Å². The number of halogens is 1. The van der Waals surface area contributed by atoms with Crippen LogP contribution >= 0.6 is 15.9 Å². The van der Waals surface area contributed by atoms with Crippen molar-refractivity contribution in [1.82, 2.24) is 10.3 Å². The monoisotopic (exact) mass is 304 g/mol. The number of nitrogens with zero attached hydrogens (tertiary/aromatic N) is 1. The Bertz CT molecular complexity index is 525. The van der Waals surface area contributed by atoms with Crippen LogP contribution in [0.2, 0.25) is 0 Å². The van der Waals surface area contributed by atoms with Gasteiger partial charge >= 0.3 is 0 Å². The van der Waals surface area contributed by atoms with Gasteiger partial charge in [0.1, 0.15) is 0 Å². The highest BCUT2D eigenvalue weighted by atomic mass is 79.9. The van der Waals surface area contributed by atoms with Gasteiger partial charge in [-0.3, -0.25) is 4.98 Å². The SMILES string of the molecule is Cc1cccc([C@@H](C)NCc2cncc(Br)c2)c1. The second-order valence-corrected chi connectivity index (χ2v) is 5.44. The van der Waals surface area contributed by atoms with Crippen LogP contribution < -0.4 is 5.32 Å². The molecule has 0 unspecified atom stereocenters. The molecule has 0 aliphatic rings. The van der Waals surface area contributed by atoms with Crippen molar-refractivity contribution in [3.63, 3.8) is 0 Å². The molecule has 0 bridgehead atoms. The molecule has 1 heterocycles. The van der Waals surface area contributed by atoms with Crippen LogP contribution in [0, 0.1) is 6.92 Å². The molecule has 2 rings (SSSR count). The first kappa shape index (κ1) is 13.2. The summed E-state index contributed by atoms with van der Waals surface area (Å²) in [5.41, 5.74) is 3.80. The molecule has 0 aliphatic carbocycles. The highest BCUT2D eigenvalue weighted by Crippen LogP contribution is 2.15. The predicted octanol–water partition coefficient (Wildman–Crippen LogP) is 4.00.